The van der Waals surface area contributed by atoms with E-state index in [-0.39, 0.29) is 12.3 Å². The van der Waals surface area contributed by atoms with Crippen molar-refractivity contribution < 1.29 is 53.5 Å². The number of rotatable bonds is 7. The number of hydrogen-bond acceptors (Lipinski definition) is 8. The van der Waals surface area contributed by atoms with E-state index in [0.717, 1.165) is 47.2 Å². The van der Waals surface area contributed by atoms with E-state index >= 15 is 0 Å². The van der Waals surface area contributed by atoms with Gasteiger partial charge in [-0.25, -0.2) is 14.4 Å². The van der Waals surface area contributed by atoms with Crippen LogP contribution in [0.25, 0.3) is 11.1 Å². The summed E-state index contributed by atoms with van der Waals surface area (Å²) in [7, 11) is 0. The van der Waals surface area contributed by atoms with Gasteiger partial charge in [-0.05, 0) is 53.1 Å². The third-order valence-corrected chi connectivity index (χ3v) is 7.99. The second-order valence-corrected chi connectivity index (χ2v) is 10.7. The summed E-state index contributed by atoms with van der Waals surface area (Å²) in [5.74, 6) is -2.87. The fourth-order valence-electron chi connectivity index (χ4n) is 6.14. The summed E-state index contributed by atoms with van der Waals surface area (Å²) < 4.78 is 14.2. The molecule has 0 spiro atoms. The molecule has 0 radical (unpaired) electrons. The molecule has 6 rings (SSSR count). The van der Waals surface area contributed by atoms with Crippen LogP contribution in [0.1, 0.15) is 61.9 Å². The van der Waals surface area contributed by atoms with Crippen molar-refractivity contribution in [2.75, 3.05) is 0 Å². The molecule has 4 aromatic rings. The van der Waals surface area contributed by atoms with E-state index in [1.54, 1.807) is 24.3 Å². The highest BCUT2D eigenvalue weighted by atomic mass is 16.7. The van der Waals surface area contributed by atoms with E-state index in [0.29, 0.717) is 23.1 Å². The van der Waals surface area contributed by atoms with Crippen LogP contribution in [-0.4, -0.2) is 50.4 Å². The zero-order valence-electron chi connectivity index (χ0n) is 24.0. The zero-order chi connectivity index (χ0) is 32.5. The lowest BCUT2D eigenvalue weighted by atomic mass is 9.86. The van der Waals surface area contributed by atoms with Gasteiger partial charge in [0.1, 0.15) is 0 Å². The molecule has 0 bridgehead atoms. The van der Waals surface area contributed by atoms with Crippen molar-refractivity contribution in [1.82, 2.24) is 4.90 Å². The van der Waals surface area contributed by atoms with Crippen molar-refractivity contribution in [2.45, 2.75) is 31.8 Å². The van der Waals surface area contributed by atoms with Crippen molar-refractivity contribution in [3.05, 3.63) is 112 Å². The average molecular weight is 624 g/mol. The maximum atomic E-state index is 14.5. The number of hydrogen-bond donors (Lipinski definition) is 3. The molecule has 1 amide bonds. The Kier molecular flexibility index (Phi) is 7.85. The Labute approximate surface area is 261 Å². The van der Waals surface area contributed by atoms with Gasteiger partial charge in [-0.2, -0.15) is 0 Å². The fourth-order valence-corrected chi connectivity index (χ4v) is 6.14. The standard InChI is InChI=1S/C34H25NO11/c36-30-23-10-4-3-9-21(23)22-13-12-18(14-24(22)30)17-35(26-11-5-7-19-6-1-2-8-20(19)26)31(37)25-15-28(45-33(40)41)29(46-34(42)43)16-27(25)44-32(38)39/h1-4,6,8-10,12-16,26H,5,7,11,17H2,(H,38,39)(H,40,41)(H,42,43)/t26-/m0/s1. The maximum Gasteiger partial charge on any atom is 0.511 e. The van der Waals surface area contributed by atoms with Gasteiger partial charge in [-0.15, -0.1) is 0 Å². The van der Waals surface area contributed by atoms with Crippen molar-refractivity contribution >= 4 is 30.2 Å². The normalized spacial score (nSPS) is 14.3. The Bertz CT molecular complexity index is 1930. The van der Waals surface area contributed by atoms with Gasteiger partial charge in [0.25, 0.3) is 5.91 Å². The van der Waals surface area contributed by atoms with Gasteiger partial charge in [-0.3, -0.25) is 9.59 Å². The number of aryl methyl sites for hydroxylation is 1. The number of nitrogens with zero attached hydrogens (tertiary/aromatic N) is 1. The summed E-state index contributed by atoms with van der Waals surface area (Å²) >= 11 is 0. The molecule has 1 atom stereocenters. The fraction of sp³-hybridized carbons (Fsp3) is 0.147. The first-order valence-corrected chi connectivity index (χ1v) is 14.2. The summed E-state index contributed by atoms with van der Waals surface area (Å²) in [4.78, 5) is 63.7. The molecule has 0 saturated carbocycles. The number of carbonyl (C=O) groups excluding carboxylic acids is 2. The molecule has 0 aromatic heterocycles. The molecule has 232 valence electrons. The molecule has 2 aliphatic rings. The van der Waals surface area contributed by atoms with Crippen LogP contribution in [0.15, 0.2) is 78.9 Å². The molecular weight excluding hydrogens is 598 g/mol. The van der Waals surface area contributed by atoms with Crippen LogP contribution in [0.4, 0.5) is 14.4 Å². The molecule has 4 aromatic carbocycles. The van der Waals surface area contributed by atoms with E-state index in [2.05, 4.69) is 4.74 Å². The Morgan fingerprint density at radius 3 is 2.02 bits per heavy atom. The minimum absolute atomic E-state index is 0.0241. The summed E-state index contributed by atoms with van der Waals surface area (Å²) in [6.07, 6.45) is -3.42. The number of ketones is 1. The van der Waals surface area contributed by atoms with Crippen LogP contribution in [0, 0.1) is 0 Å². The Morgan fingerprint density at radius 2 is 1.30 bits per heavy atom. The smallest absolute Gasteiger partial charge is 0.449 e. The van der Waals surface area contributed by atoms with Crippen molar-refractivity contribution in [3.8, 4) is 28.4 Å². The second kappa shape index (κ2) is 12.1. The highest BCUT2D eigenvalue weighted by Gasteiger charge is 2.34. The lowest BCUT2D eigenvalue weighted by molar-refractivity contribution is 0.0633. The van der Waals surface area contributed by atoms with E-state index in [9.17, 15) is 34.2 Å². The first-order valence-electron chi connectivity index (χ1n) is 14.2. The molecule has 3 N–H and O–H groups in total. The van der Waals surface area contributed by atoms with Gasteiger partial charge in [0.15, 0.2) is 23.0 Å². The van der Waals surface area contributed by atoms with Gasteiger partial charge >= 0.3 is 18.5 Å². The predicted octanol–water partition coefficient (Wildman–Crippen LogP) is 6.79. The van der Waals surface area contributed by atoms with Gasteiger partial charge in [0.05, 0.1) is 11.6 Å². The summed E-state index contributed by atoms with van der Waals surface area (Å²) in [6, 6.07) is 21.4. The minimum Gasteiger partial charge on any atom is -0.449 e. The van der Waals surface area contributed by atoms with Gasteiger partial charge in [0, 0.05) is 29.8 Å². The number of ether oxygens (including phenoxy) is 3. The molecule has 0 aliphatic heterocycles. The zero-order valence-corrected chi connectivity index (χ0v) is 24.0. The number of carbonyl (C=O) groups is 5. The molecule has 2 aliphatic carbocycles. The van der Waals surface area contributed by atoms with Crippen LogP contribution in [0.3, 0.4) is 0 Å². The molecule has 0 saturated heterocycles. The lowest BCUT2D eigenvalue weighted by Crippen LogP contribution is -2.36. The summed E-state index contributed by atoms with van der Waals surface area (Å²) in [5, 5.41) is 27.9. The van der Waals surface area contributed by atoms with Crippen LogP contribution in [-0.2, 0) is 13.0 Å². The monoisotopic (exact) mass is 623 g/mol. The highest BCUT2D eigenvalue weighted by Crippen LogP contribution is 2.42. The van der Waals surface area contributed by atoms with E-state index in [1.807, 2.05) is 42.5 Å². The summed E-state index contributed by atoms with van der Waals surface area (Å²) in [5.41, 5.74) is 4.75. The van der Waals surface area contributed by atoms with Crippen LogP contribution in [0.5, 0.6) is 17.2 Å². The van der Waals surface area contributed by atoms with E-state index in [4.69, 9.17) is 14.6 Å². The quantitative estimate of drug-likeness (QED) is 0.128. The van der Waals surface area contributed by atoms with Gasteiger partial charge in [0.2, 0.25) is 0 Å². The Balaban J connectivity index is 1.47. The average Bonchev–Trinajstić information content (AvgIpc) is 3.31. The minimum atomic E-state index is -1.84. The summed E-state index contributed by atoms with van der Waals surface area (Å²) in [6.45, 7) is -0.0241. The SMILES string of the molecule is O=C(O)Oc1cc(OC(=O)O)c(C(=O)N(Cc2ccc3c(c2)C(=O)c2ccccc2-3)[C@H]2CCCc3ccccc32)cc1OC(=O)O. The van der Waals surface area contributed by atoms with Crippen LogP contribution in [0.2, 0.25) is 0 Å². The lowest BCUT2D eigenvalue weighted by Gasteiger charge is -2.36. The molecule has 12 heteroatoms. The largest absolute Gasteiger partial charge is 0.511 e. The highest BCUT2D eigenvalue weighted by molar-refractivity contribution is 6.21. The van der Waals surface area contributed by atoms with E-state index in [1.165, 1.54) is 4.90 Å². The number of carboxylic acid groups (broad SMARTS) is 3. The molecule has 0 heterocycles. The van der Waals surface area contributed by atoms with Crippen molar-refractivity contribution in [2.24, 2.45) is 0 Å². The van der Waals surface area contributed by atoms with Gasteiger partial charge in [-0.1, -0.05) is 60.7 Å². The first kappa shape index (κ1) is 29.9. The number of benzene rings is 4. The molecule has 46 heavy (non-hydrogen) atoms. The third kappa shape index (κ3) is 5.71. The Morgan fingerprint density at radius 1 is 0.696 bits per heavy atom. The topological polar surface area (TPSA) is 177 Å². The van der Waals surface area contributed by atoms with Gasteiger partial charge < -0.3 is 34.4 Å². The molecular formula is C34H25NO11. The first-order chi connectivity index (χ1) is 22.1. The number of amides is 1. The number of fused-ring (bicyclic) bond motifs is 4. The predicted molar refractivity (Wildman–Crippen MR) is 160 cm³/mol. The Hall–Kier alpha value is -6.17. The maximum absolute atomic E-state index is 14.5. The molecule has 0 fully saturated rings. The van der Waals surface area contributed by atoms with Crippen LogP contribution < -0.4 is 14.2 Å². The van der Waals surface area contributed by atoms with Crippen LogP contribution >= 0.6 is 0 Å². The van der Waals surface area contributed by atoms with Crippen molar-refractivity contribution in [1.29, 1.82) is 0 Å². The second-order valence-electron chi connectivity index (χ2n) is 10.7. The third-order valence-electron chi connectivity index (χ3n) is 7.99. The molecule has 0 unspecified atom stereocenters. The molecule has 12 nitrogen and oxygen atoms in total. The van der Waals surface area contributed by atoms with E-state index < -0.39 is 53.2 Å². The van der Waals surface area contributed by atoms with Crippen molar-refractivity contribution in [3.63, 3.8) is 0 Å².